The summed E-state index contributed by atoms with van der Waals surface area (Å²) in [6.07, 6.45) is 3.12. The van der Waals surface area contributed by atoms with Crippen LogP contribution in [0, 0.1) is 11.6 Å². The quantitative estimate of drug-likeness (QED) is 0.857. The molecular formula is C12H12F2N2O. The van der Waals surface area contributed by atoms with Gasteiger partial charge in [0.25, 0.3) is 0 Å². The number of carbonyl (C=O) groups is 1. The summed E-state index contributed by atoms with van der Waals surface area (Å²) in [5.74, 6) is -1.60. The first-order valence-electron chi connectivity index (χ1n) is 5.40. The molecule has 1 atom stereocenters. The van der Waals surface area contributed by atoms with Crippen molar-refractivity contribution < 1.29 is 13.6 Å². The number of rotatable bonds is 3. The standard InChI is InChI=1S/C12H12F2N2O/c13-9-3-1-4-10(14)8(9)7-16-12(17)11-5-2-6-15-11/h1,3-4,6,11H,2,5,7H2,(H,16,17)/t11-/m1/s1. The lowest BCUT2D eigenvalue weighted by Gasteiger charge is -2.09. The van der Waals surface area contributed by atoms with Gasteiger partial charge in [-0.25, -0.2) is 8.78 Å². The molecule has 0 bridgehead atoms. The van der Waals surface area contributed by atoms with Crippen molar-refractivity contribution in [1.29, 1.82) is 0 Å². The van der Waals surface area contributed by atoms with Gasteiger partial charge >= 0.3 is 0 Å². The van der Waals surface area contributed by atoms with Gasteiger partial charge in [0.15, 0.2) is 0 Å². The summed E-state index contributed by atoms with van der Waals surface area (Å²) in [5.41, 5.74) is -0.122. The molecule has 17 heavy (non-hydrogen) atoms. The normalized spacial score (nSPS) is 18.4. The third-order valence-corrected chi connectivity index (χ3v) is 2.66. The minimum absolute atomic E-state index is 0.122. The molecule has 0 aliphatic carbocycles. The molecule has 0 aromatic heterocycles. The second-order valence-electron chi connectivity index (χ2n) is 3.84. The molecule has 90 valence electrons. The van der Waals surface area contributed by atoms with Crippen LogP contribution in [0.2, 0.25) is 0 Å². The molecule has 1 amide bonds. The molecule has 3 nitrogen and oxygen atoms in total. The van der Waals surface area contributed by atoms with Crippen LogP contribution in [0.4, 0.5) is 8.78 Å². The van der Waals surface area contributed by atoms with Crippen molar-refractivity contribution in [2.45, 2.75) is 25.4 Å². The van der Waals surface area contributed by atoms with Crippen LogP contribution in [-0.4, -0.2) is 18.2 Å². The molecule has 5 heteroatoms. The van der Waals surface area contributed by atoms with E-state index < -0.39 is 17.7 Å². The second kappa shape index (κ2) is 5.03. The molecule has 0 spiro atoms. The van der Waals surface area contributed by atoms with Gasteiger partial charge < -0.3 is 5.32 Å². The number of amides is 1. The lowest BCUT2D eigenvalue weighted by atomic mass is 10.1. The van der Waals surface area contributed by atoms with Gasteiger partial charge in [-0.15, -0.1) is 0 Å². The van der Waals surface area contributed by atoms with E-state index in [0.29, 0.717) is 6.42 Å². The maximum absolute atomic E-state index is 13.3. The minimum Gasteiger partial charge on any atom is -0.350 e. The Morgan fingerprint density at radius 3 is 2.71 bits per heavy atom. The molecule has 1 heterocycles. The van der Waals surface area contributed by atoms with Gasteiger partial charge in [-0.2, -0.15) is 0 Å². The molecule has 1 N–H and O–H groups in total. The van der Waals surface area contributed by atoms with Crippen molar-refractivity contribution >= 4 is 12.1 Å². The van der Waals surface area contributed by atoms with Gasteiger partial charge in [-0.05, 0) is 31.2 Å². The first-order chi connectivity index (χ1) is 8.18. The first kappa shape index (κ1) is 11.7. The van der Waals surface area contributed by atoms with Gasteiger partial charge in [0.05, 0.1) is 0 Å². The number of nitrogens with zero attached hydrogens (tertiary/aromatic N) is 1. The average Bonchev–Trinajstić information content (AvgIpc) is 2.81. The molecule has 1 aliphatic rings. The van der Waals surface area contributed by atoms with Crippen molar-refractivity contribution in [3.05, 3.63) is 35.4 Å². The molecule has 0 radical (unpaired) electrons. The van der Waals surface area contributed by atoms with Gasteiger partial charge in [0, 0.05) is 12.1 Å². The number of benzene rings is 1. The van der Waals surface area contributed by atoms with Crippen LogP contribution in [0.3, 0.4) is 0 Å². The molecular weight excluding hydrogens is 226 g/mol. The summed E-state index contributed by atoms with van der Waals surface area (Å²) in [6.45, 7) is -0.149. The molecule has 0 unspecified atom stereocenters. The summed E-state index contributed by atoms with van der Waals surface area (Å²) in [5, 5.41) is 2.49. The van der Waals surface area contributed by atoms with Gasteiger partial charge in [-0.3, -0.25) is 9.79 Å². The van der Waals surface area contributed by atoms with E-state index in [1.807, 2.05) is 0 Å². The molecule has 0 saturated carbocycles. The van der Waals surface area contributed by atoms with E-state index in [4.69, 9.17) is 0 Å². The highest BCUT2D eigenvalue weighted by molar-refractivity contribution is 5.85. The Labute approximate surface area is 97.6 Å². The highest BCUT2D eigenvalue weighted by Crippen LogP contribution is 2.12. The summed E-state index contributed by atoms with van der Waals surface area (Å²) in [7, 11) is 0. The van der Waals surface area contributed by atoms with Crippen molar-refractivity contribution in [2.75, 3.05) is 0 Å². The molecule has 1 aromatic carbocycles. The second-order valence-corrected chi connectivity index (χ2v) is 3.84. The molecule has 1 aliphatic heterocycles. The highest BCUT2D eigenvalue weighted by atomic mass is 19.1. The largest absolute Gasteiger partial charge is 0.350 e. The Morgan fingerprint density at radius 1 is 1.41 bits per heavy atom. The maximum Gasteiger partial charge on any atom is 0.245 e. The molecule has 2 rings (SSSR count). The zero-order chi connectivity index (χ0) is 12.3. The summed E-state index contributed by atoms with van der Waals surface area (Å²) in [4.78, 5) is 15.5. The monoisotopic (exact) mass is 238 g/mol. The van der Waals surface area contributed by atoms with Gasteiger partial charge in [0.2, 0.25) is 5.91 Å². The van der Waals surface area contributed by atoms with E-state index in [0.717, 1.165) is 18.6 Å². The van der Waals surface area contributed by atoms with E-state index in [1.165, 1.54) is 6.07 Å². The highest BCUT2D eigenvalue weighted by Gasteiger charge is 2.20. The van der Waals surface area contributed by atoms with E-state index >= 15 is 0 Å². The van der Waals surface area contributed by atoms with Crippen LogP contribution < -0.4 is 5.32 Å². The number of hydrogen-bond acceptors (Lipinski definition) is 2. The molecule has 0 saturated heterocycles. The number of nitrogens with one attached hydrogen (secondary N) is 1. The Morgan fingerprint density at radius 2 is 2.12 bits per heavy atom. The van der Waals surface area contributed by atoms with Crippen LogP contribution >= 0.6 is 0 Å². The third kappa shape index (κ3) is 2.67. The summed E-state index contributed by atoms with van der Waals surface area (Å²) >= 11 is 0. The van der Waals surface area contributed by atoms with Crippen molar-refractivity contribution in [3.8, 4) is 0 Å². The number of halogens is 2. The van der Waals surface area contributed by atoms with Gasteiger partial charge in [-0.1, -0.05) is 6.07 Å². The molecule has 1 aromatic rings. The fourth-order valence-corrected chi connectivity index (χ4v) is 1.70. The maximum atomic E-state index is 13.3. The third-order valence-electron chi connectivity index (χ3n) is 2.66. The van der Waals surface area contributed by atoms with E-state index in [9.17, 15) is 13.6 Å². The van der Waals surface area contributed by atoms with Crippen molar-refractivity contribution in [2.24, 2.45) is 4.99 Å². The van der Waals surface area contributed by atoms with Crippen molar-refractivity contribution in [1.82, 2.24) is 5.32 Å². The Bertz CT molecular complexity index is 440. The fraction of sp³-hybridized carbons (Fsp3) is 0.333. The summed E-state index contributed by atoms with van der Waals surface area (Å²) < 4.78 is 26.5. The van der Waals surface area contributed by atoms with Crippen LogP contribution in [0.1, 0.15) is 18.4 Å². The van der Waals surface area contributed by atoms with Crippen LogP contribution in [0.5, 0.6) is 0 Å². The van der Waals surface area contributed by atoms with Crippen LogP contribution in [-0.2, 0) is 11.3 Å². The Kier molecular flexibility index (Phi) is 3.46. The fourth-order valence-electron chi connectivity index (χ4n) is 1.70. The van der Waals surface area contributed by atoms with E-state index in [2.05, 4.69) is 10.3 Å². The topological polar surface area (TPSA) is 41.5 Å². The Hall–Kier alpha value is -1.78. The van der Waals surface area contributed by atoms with Gasteiger partial charge in [0.1, 0.15) is 17.7 Å². The summed E-state index contributed by atoms with van der Waals surface area (Å²) in [6, 6.07) is 3.21. The van der Waals surface area contributed by atoms with E-state index in [-0.39, 0.29) is 18.0 Å². The Balaban J connectivity index is 1.97. The lowest BCUT2D eigenvalue weighted by Crippen LogP contribution is -2.32. The van der Waals surface area contributed by atoms with Crippen LogP contribution in [0.25, 0.3) is 0 Å². The van der Waals surface area contributed by atoms with Crippen LogP contribution in [0.15, 0.2) is 23.2 Å². The zero-order valence-electron chi connectivity index (χ0n) is 9.12. The zero-order valence-corrected chi connectivity index (χ0v) is 9.12. The molecule has 0 fully saturated rings. The number of carbonyl (C=O) groups excluding carboxylic acids is 1. The average molecular weight is 238 g/mol. The predicted molar refractivity (Wildman–Crippen MR) is 59.7 cm³/mol. The lowest BCUT2D eigenvalue weighted by molar-refractivity contribution is -0.122. The minimum atomic E-state index is -0.653. The number of hydrogen-bond donors (Lipinski definition) is 1. The first-order valence-corrected chi connectivity index (χ1v) is 5.40. The smallest absolute Gasteiger partial charge is 0.245 e. The number of aliphatic imine (C=N–C) groups is 1. The SMILES string of the molecule is O=C(NCc1c(F)cccc1F)[C@H]1CCC=N1. The predicted octanol–water partition coefficient (Wildman–Crippen LogP) is 1.81. The van der Waals surface area contributed by atoms with E-state index in [1.54, 1.807) is 6.21 Å². The van der Waals surface area contributed by atoms with Crippen molar-refractivity contribution in [3.63, 3.8) is 0 Å².